The number of hydrogen-bond acceptors (Lipinski definition) is 9. The molecular weight excluding hydrogens is 1220 g/mol. The molecule has 4 aliphatic carbocycles. The molecule has 0 radical (unpaired) electrons. The highest BCUT2D eigenvalue weighted by atomic mass is 32.2. The Morgan fingerprint density at radius 1 is 0.682 bits per heavy atom. The topological polar surface area (TPSA) is 173 Å². The number of sulfonamides is 2. The Kier molecular flexibility index (Phi) is 25.3. The van der Waals surface area contributed by atoms with E-state index in [1.54, 1.807) is 16.9 Å². The van der Waals surface area contributed by atoms with Gasteiger partial charge in [-0.3, -0.25) is 4.79 Å². The molecule has 11 unspecified atom stereocenters. The van der Waals surface area contributed by atoms with Crippen molar-refractivity contribution in [3.05, 3.63) is 101 Å². The van der Waals surface area contributed by atoms with Gasteiger partial charge in [0, 0.05) is 18.4 Å². The molecule has 3 aromatic carbocycles. The van der Waals surface area contributed by atoms with Gasteiger partial charge in [-0.1, -0.05) is 144 Å². The number of rotatable bonds is 22. The zero-order chi connectivity index (χ0) is 67.2. The highest BCUT2D eigenvalue weighted by Gasteiger charge is 2.65. The number of carbonyl (C=O) groups excluding carboxylic acids is 1. The molecule has 0 spiro atoms. The van der Waals surface area contributed by atoms with Crippen molar-refractivity contribution < 1.29 is 79.4 Å². The molecule has 3 N–H and O–H groups in total. The smallest absolute Gasteiger partial charge is 0.494 e. The van der Waals surface area contributed by atoms with Gasteiger partial charge in [0.1, 0.15) is 11.5 Å². The van der Waals surface area contributed by atoms with Crippen LogP contribution in [0.15, 0.2) is 72.8 Å². The lowest BCUT2D eigenvalue weighted by molar-refractivity contribution is -0.260. The van der Waals surface area contributed by atoms with Crippen molar-refractivity contribution >= 4 is 35.7 Å². The molecule has 0 heterocycles. The van der Waals surface area contributed by atoms with Crippen LogP contribution in [0.25, 0.3) is 0 Å². The monoisotopic (exact) mass is 1320 g/mol. The number of ether oxygens (including phenoxy) is 1. The molecule has 502 valence electrons. The molecule has 0 amide bonds. The molecule has 88 heavy (non-hydrogen) atoms. The summed E-state index contributed by atoms with van der Waals surface area (Å²) in [5.74, 6) is 3.50. The zero-order valence-corrected chi connectivity index (χ0v) is 56.3. The van der Waals surface area contributed by atoms with Gasteiger partial charge in [-0.15, -0.1) is 0 Å². The van der Waals surface area contributed by atoms with E-state index in [0.717, 1.165) is 56.6 Å². The van der Waals surface area contributed by atoms with Gasteiger partial charge in [0.2, 0.25) is 19.9 Å². The first-order valence-corrected chi connectivity index (χ1v) is 35.4. The maximum atomic E-state index is 12.7. The van der Waals surface area contributed by atoms with Crippen LogP contribution < -0.4 is 14.2 Å². The molecule has 4 aliphatic rings. The number of alkyl halides is 9. The minimum atomic E-state index is -5.38. The molecule has 11 nitrogen and oxygen atoms in total. The number of carbonyl (C=O) groups is 1. The molecule has 0 aromatic heterocycles. The lowest BCUT2D eigenvalue weighted by Gasteiger charge is -2.36. The van der Waals surface area contributed by atoms with Crippen LogP contribution in [0.3, 0.4) is 0 Å². The van der Waals surface area contributed by atoms with Crippen LogP contribution in [0.4, 0.5) is 39.5 Å². The quantitative estimate of drug-likeness (QED) is 0.0828. The van der Waals surface area contributed by atoms with Gasteiger partial charge in [-0.25, -0.2) is 30.0 Å². The van der Waals surface area contributed by atoms with Gasteiger partial charge < -0.3 is 9.84 Å². The highest BCUT2D eigenvalue weighted by Crippen LogP contribution is 2.64. The number of sulfone groups is 1. The van der Waals surface area contributed by atoms with Crippen LogP contribution in [-0.4, -0.2) is 77.0 Å². The van der Waals surface area contributed by atoms with Crippen molar-refractivity contribution in [2.75, 3.05) is 18.1 Å². The van der Waals surface area contributed by atoms with Crippen LogP contribution in [0.1, 0.15) is 214 Å². The summed E-state index contributed by atoms with van der Waals surface area (Å²) in [6, 6.07) is 22.6. The maximum Gasteiger partial charge on any atom is 0.511 e. The molecule has 0 aliphatic heterocycles. The number of halogens is 9. The van der Waals surface area contributed by atoms with Gasteiger partial charge in [-0.05, 0) is 183 Å². The number of fused-ring (bicyclic) bond motifs is 4. The van der Waals surface area contributed by atoms with Crippen LogP contribution in [0, 0.1) is 51.8 Å². The number of ketones is 1. The van der Waals surface area contributed by atoms with E-state index in [2.05, 4.69) is 72.2 Å². The molecule has 3 aromatic rings. The van der Waals surface area contributed by atoms with Crippen LogP contribution >= 0.6 is 0 Å². The highest BCUT2D eigenvalue weighted by molar-refractivity contribution is 7.92. The SMILES string of the molecule is CC1C2CC(CC(C)(O)C(F)(F)F)C(C2)C1C.CCC(C)c1ccc(C(C)(C)NS(=O)(=O)C(F)(F)F)cc1.CCC(C)c1ccc(CNS(=O)(=O)CC23CCC(CC2=O)C3(C)C)cc1.CCC(C)c1ccc(OCCC(C)(C)CS(=O)(=O)C(F)(F)F)cc1. The third kappa shape index (κ3) is 19.2. The first-order chi connectivity index (χ1) is 40.0. The molecule has 4 bridgehead atoms. The van der Waals surface area contributed by atoms with E-state index < -0.39 is 74.8 Å². The van der Waals surface area contributed by atoms with E-state index >= 15 is 0 Å². The Morgan fingerprint density at radius 2 is 1.16 bits per heavy atom. The lowest BCUT2D eigenvalue weighted by atomic mass is 9.70. The standard InChI is InChI=1S/C21H31NO3S.C17H25F3O3S.C14H20F3NO2S.C13H21F3O/c1-5-15(2)17-8-6-16(7-9-17)13-22-26(24,25)14-21-11-10-18(12-19(21)23)20(21,3)4;1-5-13(2)14-6-8-15(9-7-14)23-11-10-16(3,4)12-24(21,22)17(18,19)20;1-5-10(2)11-6-8-12(9-7-11)13(3,4)18-21(19,20)14(15,16)17;1-7-8(2)11-5-9(7)4-10(11)6-12(3,17)13(14,15)16/h6-9,15,18,22H,5,10-14H2,1-4H3;6-9,13H,5,10-12H2,1-4H3;6-10,18H,5H2,1-4H3;7-11,17H,4-6H2,1-3H3. The summed E-state index contributed by atoms with van der Waals surface area (Å²) < 4.78 is 193. The number of benzene rings is 3. The van der Waals surface area contributed by atoms with Crippen LogP contribution in [0.2, 0.25) is 0 Å². The summed E-state index contributed by atoms with van der Waals surface area (Å²) in [5.41, 5.74) is -11.4. The van der Waals surface area contributed by atoms with Gasteiger partial charge in [0.25, 0.3) is 0 Å². The molecule has 11 atom stereocenters. The van der Waals surface area contributed by atoms with Crippen molar-refractivity contribution in [1.29, 1.82) is 0 Å². The average molecular weight is 1320 g/mol. The predicted molar refractivity (Wildman–Crippen MR) is 329 cm³/mol. The summed E-state index contributed by atoms with van der Waals surface area (Å²) in [6.45, 7) is 28.3. The Labute approximate surface area is 518 Å². The molecule has 0 saturated heterocycles. The number of nitrogens with one attached hydrogen (secondary N) is 2. The van der Waals surface area contributed by atoms with E-state index in [1.165, 1.54) is 38.8 Å². The molecular formula is C65H97F9N2O9S3. The van der Waals surface area contributed by atoms with E-state index in [0.29, 0.717) is 71.5 Å². The molecule has 7 rings (SSSR count). The van der Waals surface area contributed by atoms with Crippen LogP contribution in [-0.2, 0) is 46.8 Å². The number of aliphatic hydroxyl groups is 1. The average Bonchev–Trinajstić information content (AvgIpc) is 1.55. The largest absolute Gasteiger partial charge is 0.511 e. The van der Waals surface area contributed by atoms with Crippen molar-refractivity contribution in [3.63, 3.8) is 0 Å². The molecule has 4 saturated carbocycles. The number of Topliss-reactive ketones (excluding diaryl/α,β-unsaturated/α-hetero) is 1. The van der Waals surface area contributed by atoms with Crippen LogP contribution in [0.5, 0.6) is 5.75 Å². The third-order valence-corrected chi connectivity index (χ3v) is 24.8. The summed E-state index contributed by atoms with van der Waals surface area (Å²) in [7, 11) is -14.0. The summed E-state index contributed by atoms with van der Waals surface area (Å²) in [6.07, 6.45) is 2.75. The predicted octanol–water partition coefficient (Wildman–Crippen LogP) is 16.4. The van der Waals surface area contributed by atoms with E-state index in [1.807, 2.05) is 62.4 Å². The first kappa shape index (κ1) is 76.7. The second-order valence-corrected chi connectivity index (χ2v) is 33.1. The molecule has 4 fully saturated rings. The number of hydrogen-bond donors (Lipinski definition) is 3. The van der Waals surface area contributed by atoms with Gasteiger partial charge in [0.05, 0.1) is 23.7 Å². The maximum absolute atomic E-state index is 12.7. The minimum absolute atomic E-state index is 0.0443. The van der Waals surface area contributed by atoms with Gasteiger partial charge >= 0.3 is 27.2 Å². The summed E-state index contributed by atoms with van der Waals surface area (Å²) in [5, 5.41) is 9.57. The Morgan fingerprint density at radius 3 is 1.56 bits per heavy atom. The third-order valence-electron chi connectivity index (χ3n) is 20.1. The van der Waals surface area contributed by atoms with Gasteiger partial charge in [-0.2, -0.15) is 44.2 Å². The minimum Gasteiger partial charge on any atom is -0.494 e. The second kappa shape index (κ2) is 29.0. The van der Waals surface area contributed by atoms with E-state index in [4.69, 9.17) is 4.74 Å². The lowest BCUT2D eigenvalue weighted by Crippen LogP contribution is -2.46. The Hall–Kier alpha value is -3.77. The Balaban J connectivity index is 0.000000254. The van der Waals surface area contributed by atoms with Crippen molar-refractivity contribution in [3.8, 4) is 5.75 Å². The van der Waals surface area contributed by atoms with Crippen molar-refractivity contribution in [2.45, 2.75) is 221 Å². The fourth-order valence-corrected chi connectivity index (χ4v) is 17.0. The summed E-state index contributed by atoms with van der Waals surface area (Å²) in [4.78, 5) is 12.6. The van der Waals surface area contributed by atoms with E-state index in [-0.39, 0.29) is 48.9 Å². The van der Waals surface area contributed by atoms with Crippen molar-refractivity contribution in [1.82, 2.24) is 9.44 Å². The normalized spacial score (nSPS) is 24.6. The fourth-order valence-electron chi connectivity index (χ4n) is 13.0. The van der Waals surface area contributed by atoms with E-state index in [9.17, 15) is 74.7 Å². The van der Waals surface area contributed by atoms with Crippen molar-refractivity contribution in [2.24, 2.45) is 51.8 Å². The van der Waals surface area contributed by atoms with Gasteiger partial charge in [0.15, 0.2) is 5.60 Å². The Bertz CT molecular complexity index is 3090. The second-order valence-electron chi connectivity index (χ2n) is 27.6. The molecule has 23 heteroatoms. The fraction of sp³-hybridized carbons (Fsp3) is 0.708. The summed E-state index contributed by atoms with van der Waals surface area (Å²) >= 11 is 0. The zero-order valence-electron chi connectivity index (χ0n) is 53.9. The first-order valence-electron chi connectivity index (χ1n) is 30.6.